The van der Waals surface area contributed by atoms with Gasteiger partial charge in [-0.3, -0.25) is 46.0 Å². The lowest BCUT2D eigenvalue weighted by Crippen LogP contribution is -2.61. The minimum absolute atomic E-state index is 0.00875. The highest BCUT2D eigenvalue weighted by Gasteiger charge is 2.56. The summed E-state index contributed by atoms with van der Waals surface area (Å²) >= 11 is 0.726. The second kappa shape index (κ2) is 74.6. The highest BCUT2D eigenvalue weighted by molar-refractivity contribution is 8.00. The van der Waals surface area contributed by atoms with Crippen LogP contribution in [0.4, 0.5) is 11.4 Å². The number of rotatable bonds is 52. The van der Waals surface area contributed by atoms with Gasteiger partial charge in [-0.1, -0.05) is 190 Å². The van der Waals surface area contributed by atoms with E-state index in [0.29, 0.717) is 23.5 Å². The third kappa shape index (κ3) is 72.5. The molecule has 2 fully saturated rings. The van der Waals surface area contributed by atoms with Crippen LogP contribution in [0.15, 0.2) is 58.3 Å². The number of ether oxygens (including phenoxy) is 2. The first-order valence-corrected chi connectivity index (χ1v) is 56.8. The molecule has 0 bridgehead atoms. The van der Waals surface area contributed by atoms with Crippen LogP contribution in [0.2, 0.25) is 0 Å². The minimum atomic E-state index is -5.77. The smallest absolute Gasteiger partial charge is 0.356 e. The first-order valence-electron chi connectivity index (χ1n) is 44.1. The largest absolute Gasteiger partial charge is 0.397 e. The second-order valence-electron chi connectivity index (χ2n) is 27.6. The molecule has 2 amide bonds. The first-order chi connectivity index (χ1) is 61.7. The van der Waals surface area contributed by atoms with Crippen LogP contribution >= 0.6 is 23.5 Å². The van der Waals surface area contributed by atoms with Gasteiger partial charge in [0, 0.05) is 34.0 Å². The van der Waals surface area contributed by atoms with Crippen molar-refractivity contribution in [2.45, 2.75) is 255 Å². The Labute approximate surface area is 804 Å². The Bertz CT molecular complexity index is 3890. The lowest BCUT2D eigenvalue weighted by Gasteiger charge is -2.43. The van der Waals surface area contributed by atoms with Crippen molar-refractivity contribution in [3.05, 3.63) is 48.5 Å². The van der Waals surface area contributed by atoms with E-state index in [1.165, 1.54) is 206 Å². The van der Waals surface area contributed by atoms with Crippen LogP contribution in [0.25, 0.3) is 0 Å². The predicted octanol–water partition coefficient (Wildman–Crippen LogP) is 8.62. The summed E-state index contributed by atoms with van der Waals surface area (Å²) in [6.45, 7) is 78.1. The molecule has 0 radical (unpaired) electrons. The van der Waals surface area contributed by atoms with Crippen molar-refractivity contribution in [1.82, 2.24) is 39.2 Å². The maximum Gasteiger partial charge on any atom is 0.397 e. The Kier molecular flexibility index (Phi) is 77.4. The molecular formula is C77H158N10O36S10. The standard InChI is InChI=1S/C29H38N2O36S10.8C6H15N/c32-20(30-14-4-8-16(9-5-14)68-28-26(66-76(52,53)54)24(64-74(46,47)48)22(62-72(40,41)42)18(60-28)12-58-70(34,35)36)2-1-3-21(33)31-15-6-10-17(11-7-15)69-29-27(67-77(55,56)57)25(65-75(49,50)51)23(63-73(43,44)45)19(61-29)13-59-71(37,38)39;8*1-4-7(5-2)6-3/h4-11,18-19,22-29H,1-3,12-13H2,(H,30,32)(H,31,33)(H,34,35,36)(H,37,38,39)(H,40,41,42)(H,43,44,45)(H,46,47,48)(H,49,50,51)(H,52,53,54)(H,55,56,57);8*4-6H2,1-3H3/t18-,19-,22-,23-,24+,25+,26-,27-,28+,29+;;;;;;;;/m1......../s1. The molecule has 56 heteroatoms. The fraction of sp³-hybridized carbons (Fsp3) is 0.818. The average Bonchev–Trinajstić information content (AvgIpc) is 0.773. The number of nitrogens with one attached hydrogen (secondary N) is 2. The number of amides is 2. The van der Waals surface area contributed by atoms with E-state index in [1.807, 2.05) is 0 Å². The van der Waals surface area contributed by atoms with Gasteiger partial charge in [-0.25, -0.2) is 33.5 Å². The van der Waals surface area contributed by atoms with Crippen molar-refractivity contribution in [1.29, 1.82) is 0 Å². The van der Waals surface area contributed by atoms with Crippen LogP contribution in [0, 0.1) is 0 Å². The maximum atomic E-state index is 12.7. The van der Waals surface area contributed by atoms with Crippen LogP contribution in [-0.2, 0) is 136 Å². The van der Waals surface area contributed by atoms with Crippen molar-refractivity contribution >= 4 is 130 Å². The number of carbonyl (C=O) groups is 2. The number of hydrogen-bond acceptors (Lipinski definition) is 38. The molecule has 0 saturated carbocycles. The number of benzene rings is 2. The fourth-order valence-electron chi connectivity index (χ4n) is 11.7. The summed E-state index contributed by atoms with van der Waals surface area (Å²) in [4.78, 5) is 44.5. The van der Waals surface area contributed by atoms with Gasteiger partial charge in [0.05, 0.1) is 13.2 Å². The zero-order valence-electron chi connectivity index (χ0n) is 81.6. The monoisotopic (exact) mass is 2120 g/mol. The van der Waals surface area contributed by atoms with E-state index in [1.54, 1.807) is 0 Å². The van der Waals surface area contributed by atoms with Gasteiger partial charge in [-0.2, -0.15) is 67.3 Å². The van der Waals surface area contributed by atoms with Crippen LogP contribution < -0.4 is 10.6 Å². The van der Waals surface area contributed by atoms with Crippen molar-refractivity contribution in [2.24, 2.45) is 0 Å². The van der Waals surface area contributed by atoms with Gasteiger partial charge in [-0.05, 0) is 212 Å². The molecule has 46 nitrogen and oxygen atoms in total. The molecule has 10 N–H and O–H groups in total. The summed E-state index contributed by atoms with van der Waals surface area (Å²) < 4.78 is 306. The van der Waals surface area contributed by atoms with E-state index in [-0.39, 0.29) is 40.4 Å². The topological polar surface area (TPSA) is 611 Å². The van der Waals surface area contributed by atoms with Crippen LogP contribution in [0.1, 0.15) is 185 Å². The molecule has 2 aliphatic heterocycles. The van der Waals surface area contributed by atoms with E-state index < -0.39 is 168 Å². The molecule has 10 atom stereocenters. The van der Waals surface area contributed by atoms with Crippen LogP contribution in [-0.4, -0.2) is 385 Å². The quantitative estimate of drug-likeness (QED) is 0.0277. The van der Waals surface area contributed by atoms with Gasteiger partial charge >= 0.3 is 83.2 Å². The summed E-state index contributed by atoms with van der Waals surface area (Å²) in [5.41, 5.74) is -3.95. The highest BCUT2D eigenvalue weighted by atomic mass is 32.3. The van der Waals surface area contributed by atoms with Crippen LogP contribution in [0.3, 0.4) is 0 Å². The lowest BCUT2D eigenvalue weighted by molar-refractivity contribution is -0.183. The number of carbonyl (C=O) groups excluding carboxylic acids is 2. The Morgan fingerprint density at radius 3 is 0.586 bits per heavy atom. The molecule has 2 saturated heterocycles. The molecule has 792 valence electrons. The molecule has 133 heavy (non-hydrogen) atoms. The number of nitrogens with zero attached hydrogens (tertiary/aromatic N) is 8. The highest BCUT2D eigenvalue weighted by Crippen LogP contribution is 2.41. The van der Waals surface area contributed by atoms with E-state index in [2.05, 4.69) is 249 Å². The predicted molar refractivity (Wildman–Crippen MR) is 514 cm³/mol. The molecule has 0 aromatic heterocycles. The van der Waals surface area contributed by atoms with Gasteiger partial charge < -0.3 is 59.3 Å². The Balaban J connectivity index is -0.000000772. The minimum Gasteiger partial charge on any atom is -0.356 e. The summed E-state index contributed by atoms with van der Waals surface area (Å²) in [5, 5.41) is 4.93. The SMILES string of the molecule is CCN(CC)CC.CCN(CC)CC.CCN(CC)CC.CCN(CC)CC.CCN(CC)CC.CCN(CC)CC.CCN(CC)CC.CCN(CC)CC.O=C(CCCC(=O)Nc1ccc(S[C@@H]2O[C@H](COS(=O)(=O)O)[C@@H](OS(=O)(=O)O)[C@H](OS(=O)(=O)O)[C@H]2OS(=O)(=O)O)cc1)Nc1ccc(S[C@@H]2O[C@H](COS(=O)(=O)O)[C@@H](OS(=O)(=O)O)[C@H](OS(=O)(=O)O)[C@H]2OS(=O)(=O)O)cc1. The zero-order chi connectivity index (χ0) is 104. The molecule has 2 heterocycles. The Hall–Kier alpha value is -3.36. The molecule has 0 unspecified atom stereocenters. The van der Waals surface area contributed by atoms with Gasteiger partial charge in [-0.15, -0.1) is 0 Å². The summed E-state index contributed by atoms with van der Waals surface area (Å²) in [6, 6.07) is 9.61. The number of hydrogen-bond donors (Lipinski definition) is 10. The molecule has 0 aliphatic carbocycles. The molecular weight excluding hydrogens is 1960 g/mol. The molecule has 2 aliphatic rings. The molecule has 0 spiro atoms. The zero-order valence-corrected chi connectivity index (χ0v) is 89.7. The Morgan fingerprint density at radius 1 is 0.271 bits per heavy atom. The van der Waals surface area contributed by atoms with E-state index in [0.717, 1.165) is 0 Å². The molecule has 2 aromatic carbocycles. The molecule has 4 rings (SSSR count). The molecule has 2 aromatic rings. The van der Waals surface area contributed by atoms with Gasteiger partial charge in [0.15, 0.2) is 0 Å². The van der Waals surface area contributed by atoms with E-state index >= 15 is 0 Å². The van der Waals surface area contributed by atoms with Crippen molar-refractivity contribution in [3.8, 4) is 0 Å². The summed E-state index contributed by atoms with van der Waals surface area (Å²) in [7, 11) is -45.1. The van der Waals surface area contributed by atoms with Crippen molar-refractivity contribution in [2.75, 3.05) is 181 Å². The number of thioether (sulfide) groups is 2. The second-order valence-corrected chi connectivity index (χ2v) is 38.4. The third-order valence-electron chi connectivity index (χ3n) is 19.7. The third-order valence-corrected chi connectivity index (χ3v) is 25.6. The van der Waals surface area contributed by atoms with Gasteiger partial charge in [0.25, 0.3) is 0 Å². The summed E-state index contributed by atoms with van der Waals surface area (Å²) in [6.07, 6.45) is -21.2. The number of anilines is 2. The van der Waals surface area contributed by atoms with Gasteiger partial charge in [0.2, 0.25) is 11.8 Å². The normalized spacial score (nSPS) is 18.9. The average molecular weight is 2120 g/mol. The lowest BCUT2D eigenvalue weighted by atomic mass is 10.0. The van der Waals surface area contributed by atoms with Crippen molar-refractivity contribution in [3.63, 3.8) is 0 Å². The first kappa shape index (κ1) is 138. The van der Waals surface area contributed by atoms with Crippen LogP contribution in [0.5, 0.6) is 0 Å². The maximum absolute atomic E-state index is 12.7. The van der Waals surface area contributed by atoms with E-state index in [9.17, 15) is 104 Å². The Morgan fingerprint density at radius 2 is 0.436 bits per heavy atom. The van der Waals surface area contributed by atoms with Gasteiger partial charge in [0.1, 0.15) is 59.7 Å². The van der Waals surface area contributed by atoms with Crippen molar-refractivity contribution < 1.29 is 156 Å². The van der Waals surface area contributed by atoms with E-state index in [4.69, 9.17) is 18.6 Å². The fourth-order valence-corrected chi connectivity index (χ4v) is 17.7. The summed E-state index contributed by atoms with van der Waals surface area (Å²) in [5.74, 6) is -1.36.